The molecule has 1 saturated carbocycles. The van der Waals surface area contributed by atoms with Gasteiger partial charge in [0, 0.05) is 60.2 Å². The summed E-state index contributed by atoms with van der Waals surface area (Å²) in [7, 11) is 13.5. The van der Waals surface area contributed by atoms with E-state index in [0.29, 0.717) is 11.3 Å². The molecule has 0 amide bonds. The van der Waals surface area contributed by atoms with E-state index in [-0.39, 0.29) is 31.6 Å². The number of hydrogen-bond donors (Lipinski definition) is 0. The molecule has 6 nitrogen and oxygen atoms in total. The predicted octanol–water partition coefficient (Wildman–Crippen LogP) is 4.96. The molecule has 0 aliphatic heterocycles. The van der Waals surface area contributed by atoms with Crippen molar-refractivity contribution in [3.8, 4) is 22.3 Å². The second-order valence-corrected chi connectivity index (χ2v) is 9.31. The maximum atomic E-state index is 13.8. The first kappa shape index (κ1) is 22.9. The van der Waals surface area contributed by atoms with Crippen molar-refractivity contribution in [3.63, 3.8) is 0 Å². The summed E-state index contributed by atoms with van der Waals surface area (Å²) in [5, 5.41) is 7.08. The van der Waals surface area contributed by atoms with Crippen LogP contribution in [0.15, 0.2) is 35.4 Å². The fraction of sp³-hybridized carbons (Fsp3) is 0.458. The molecule has 4 aromatic heterocycles. The number of fused-ring (bicyclic) bond motifs is 1. The second-order valence-electron chi connectivity index (χ2n) is 9.31. The molecule has 4 radical (unpaired) electrons. The zero-order valence-electron chi connectivity index (χ0n) is 19.6. The third kappa shape index (κ3) is 3.77. The molecule has 0 aromatic carbocycles. The van der Waals surface area contributed by atoms with Gasteiger partial charge in [-0.1, -0.05) is 5.16 Å². The molecule has 0 spiro atoms. The number of aromatic nitrogens is 5. The van der Waals surface area contributed by atoms with Crippen molar-refractivity contribution in [3.05, 3.63) is 42.3 Å². The number of aryl methyl sites for hydroxylation is 3. The molecule has 0 unspecified atom stereocenters. The molecule has 1 aliphatic carbocycles. The Bertz CT molecular complexity index is 1330. The highest BCUT2D eigenvalue weighted by atomic mass is 19.3. The van der Waals surface area contributed by atoms with Crippen molar-refractivity contribution in [1.82, 2.24) is 24.5 Å². The topological polar surface area (TPSA) is 61.7 Å². The van der Waals surface area contributed by atoms with Crippen LogP contribution < -0.4 is 0 Å². The van der Waals surface area contributed by atoms with Gasteiger partial charge in [-0.05, 0) is 50.9 Å². The van der Waals surface area contributed by atoms with Crippen molar-refractivity contribution in [2.24, 2.45) is 5.92 Å². The van der Waals surface area contributed by atoms with Crippen LogP contribution in [0.5, 0.6) is 0 Å². The summed E-state index contributed by atoms with van der Waals surface area (Å²) in [5.41, 5.74) is 5.59. The average Bonchev–Trinajstić information content (AvgIpc) is 3.50. The Kier molecular flexibility index (Phi) is 5.45. The number of alkyl halides is 2. The van der Waals surface area contributed by atoms with E-state index in [0.717, 1.165) is 40.0 Å². The second kappa shape index (κ2) is 8.10. The van der Waals surface area contributed by atoms with Crippen molar-refractivity contribution in [2.75, 3.05) is 0 Å². The molecule has 0 atom stereocenters. The first-order chi connectivity index (χ1) is 16.1. The molecule has 0 N–H and O–H groups in total. The zero-order valence-corrected chi connectivity index (χ0v) is 19.6. The van der Waals surface area contributed by atoms with Gasteiger partial charge in [0.25, 0.3) is 0 Å². The van der Waals surface area contributed by atoms with Gasteiger partial charge < -0.3 is 9.09 Å². The summed E-state index contributed by atoms with van der Waals surface area (Å²) in [5.74, 6) is -2.29. The van der Waals surface area contributed by atoms with Gasteiger partial charge in [0.2, 0.25) is 5.92 Å². The Morgan fingerprint density at radius 1 is 1.15 bits per heavy atom. The van der Waals surface area contributed by atoms with Gasteiger partial charge in [-0.3, -0.25) is 9.67 Å². The molecule has 1 fully saturated rings. The monoisotopic (exact) mass is 459 g/mol. The molecule has 10 heteroatoms. The van der Waals surface area contributed by atoms with Crippen LogP contribution in [0.1, 0.15) is 44.1 Å². The normalized spacial score (nSPS) is 17.0. The maximum absolute atomic E-state index is 13.8. The van der Waals surface area contributed by atoms with Crippen LogP contribution in [0.3, 0.4) is 0 Å². The number of nitrogens with zero attached hydrogens (tertiary/aromatic N) is 5. The highest BCUT2D eigenvalue weighted by Crippen LogP contribution is 2.43. The lowest BCUT2D eigenvalue weighted by Gasteiger charge is -2.42. The minimum absolute atomic E-state index is 0.217. The summed E-state index contributed by atoms with van der Waals surface area (Å²) in [6.07, 6.45) is 7.44. The van der Waals surface area contributed by atoms with E-state index in [2.05, 4.69) is 10.3 Å². The van der Waals surface area contributed by atoms with Gasteiger partial charge in [-0.25, -0.2) is 8.78 Å². The van der Waals surface area contributed by atoms with Gasteiger partial charge in [0.1, 0.15) is 5.76 Å². The van der Waals surface area contributed by atoms with Crippen LogP contribution in [-0.4, -0.2) is 46.1 Å². The highest BCUT2D eigenvalue weighted by Gasteiger charge is 2.41. The minimum Gasteiger partial charge on any atom is -0.361 e. The molecule has 172 valence electrons. The van der Waals surface area contributed by atoms with E-state index in [9.17, 15) is 8.78 Å². The van der Waals surface area contributed by atoms with Crippen molar-refractivity contribution < 1.29 is 13.3 Å². The third-order valence-electron chi connectivity index (χ3n) is 7.02. The number of halogens is 2. The van der Waals surface area contributed by atoms with Crippen LogP contribution >= 0.6 is 0 Å². The lowest BCUT2D eigenvalue weighted by molar-refractivity contribution is -0.0498. The quantitative estimate of drug-likeness (QED) is 0.396. The number of hydrogen-bond acceptors (Lipinski definition) is 4. The van der Waals surface area contributed by atoms with Gasteiger partial charge in [0.15, 0.2) is 0 Å². The molecule has 5 rings (SSSR count). The van der Waals surface area contributed by atoms with Crippen LogP contribution in [0.4, 0.5) is 8.78 Å². The van der Waals surface area contributed by atoms with Gasteiger partial charge in [-0.2, -0.15) is 5.10 Å². The highest BCUT2D eigenvalue weighted by molar-refractivity contribution is 6.38. The van der Waals surface area contributed by atoms with E-state index in [1.54, 1.807) is 17.0 Å². The number of pyridine rings is 1. The van der Waals surface area contributed by atoms with Gasteiger partial charge >= 0.3 is 0 Å². The number of rotatable bonds is 5. The van der Waals surface area contributed by atoms with Crippen molar-refractivity contribution in [2.45, 2.75) is 64.3 Å². The largest absolute Gasteiger partial charge is 0.361 e. The molecule has 0 saturated heterocycles. The van der Waals surface area contributed by atoms with E-state index in [4.69, 9.17) is 25.2 Å². The molecule has 4 aromatic rings. The Hall–Kier alpha value is -2.90. The van der Waals surface area contributed by atoms with Crippen molar-refractivity contribution in [1.29, 1.82) is 0 Å². The fourth-order valence-corrected chi connectivity index (χ4v) is 5.04. The molecule has 0 bridgehead atoms. The third-order valence-corrected chi connectivity index (χ3v) is 7.02. The van der Waals surface area contributed by atoms with E-state index in [1.165, 1.54) is 0 Å². The average molecular weight is 459 g/mol. The van der Waals surface area contributed by atoms with Crippen LogP contribution in [-0.2, 0) is 11.9 Å². The summed E-state index contributed by atoms with van der Waals surface area (Å²) in [4.78, 5) is 4.77. The summed E-state index contributed by atoms with van der Waals surface area (Å²) in [6.45, 7) is 6.47. The summed E-state index contributed by atoms with van der Waals surface area (Å²) >= 11 is 0. The Morgan fingerprint density at radius 2 is 1.88 bits per heavy atom. The molecule has 4 heterocycles. The van der Waals surface area contributed by atoms with E-state index in [1.807, 2.05) is 43.9 Å². The SMILES string of the molecule is [B]C([B])(C1CCC(F)(F)CC1)n1cc(-c2cnn(CC)c2)c2ncc(-c3c(C)noc3C)cc21. The minimum atomic E-state index is -2.66. The molecular formula is C24H25B2F2N5O. The summed E-state index contributed by atoms with van der Waals surface area (Å²) in [6, 6.07) is 1.97. The summed E-state index contributed by atoms with van der Waals surface area (Å²) < 4.78 is 36.7. The lowest BCUT2D eigenvalue weighted by Crippen LogP contribution is -2.45. The Labute approximate surface area is 199 Å². The zero-order chi connectivity index (χ0) is 24.3. The fourth-order valence-electron chi connectivity index (χ4n) is 5.04. The molecular weight excluding hydrogens is 434 g/mol. The molecule has 1 aliphatic rings. The predicted molar refractivity (Wildman–Crippen MR) is 128 cm³/mol. The molecule has 34 heavy (non-hydrogen) atoms. The first-order valence-electron chi connectivity index (χ1n) is 11.5. The Morgan fingerprint density at radius 3 is 2.50 bits per heavy atom. The lowest BCUT2D eigenvalue weighted by atomic mass is 9.52. The van der Waals surface area contributed by atoms with Gasteiger partial charge in [-0.15, -0.1) is 0 Å². The standard InChI is InChI=1S/C24H25B2F2N5O/c1-4-32-12-17(11-30-32)19-13-33(24(25,26)18-5-7-23(27,28)8-6-18)20-9-16(10-29-22(19)20)21-14(2)31-34-15(21)3/h9-13,18H,4-8H2,1-3H3. The Balaban J connectivity index is 1.68. The maximum Gasteiger partial charge on any atom is 0.248 e. The van der Waals surface area contributed by atoms with Crippen molar-refractivity contribution >= 4 is 26.7 Å². The smallest absolute Gasteiger partial charge is 0.248 e. The van der Waals surface area contributed by atoms with E-state index < -0.39 is 11.3 Å². The van der Waals surface area contributed by atoms with E-state index >= 15 is 0 Å². The van der Waals surface area contributed by atoms with Crippen LogP contribution in [0, 0.1) is 19.8 Å². The first-order valence-corrected chi connectivity index (χ1v) is 11.5. The van der Waals surface area contributed by atoms with Crippen LogP contribution in [0.2, 0.25) is 0 Å². The van der Waals surface area contributed by atoms with Gasteiger partial charge in [0.05, 0.1) is 38.6 Å². The van der Waals surface area contributed by atoms with Crippen LogP contribution in [0.25, 0.3) is 33.3 Å².